The first kappa shape index (κ1) is 16.7. The van der Waals surface area contributed by atoms with Gasteiger partial charge in [0.05, 0.1) is 18.7 Å². The normalized spacial score (nSPS) is 23.9. The Morgan fingerprint density at radius 1 is 1.21 bits per heavy atom. The van der Waals surface area contributed by atoms with Gasteiger partial charge >= 0.3 is 0 Å². The molecule has 1 aromatic heterocycles. The Kier molecular flexibility index (Phi) is 5.26. The van der Waals surface area contributed by atoms with Crippen LogP contribution in [0.1, 0.15) is 37.5 Å². The first-order chi connectivity index (χ1) is 11.7. The van der Waals surface area contributed by atoms with Crippen molar-refractivity contribution in [3.8, 4) is 0 Å². The van der Waals surface area contributed by atoms with Crippen LogP contribution in [0.4, 0.5) is 0 Å². The first-order valence-electron chi connectivity index (χ1n) is 8.53. The van der Waals surface area contributed by atoms with E-state index in [1.807, 2.05) is 41.4 Å². The van der Waals surface area contributed by atoms with Crippen LogP contribution in [-0.4, -0.2) is 34.5 Å². The summed E-state index contributed by atoms with van der Waals surface area (Å²) in [5.74, 6) is 0.183. The van der Waals surface area contributed by atoms with Gasteiger partial charge in [0.1, 0.15) is 6.10 Å². The molecule has 0 bridgehead atoms. The number of hydrogen-bond acceptors (Lipinski definition) is 3. The van der Waals surface area contributed by atoms with E-state index >= 15 is 0 Å². The summed E-state index contributed by atoms with van der Waals surface area (Å²) in [5, 5.41) is 0. The molecule has 0 radical (unpaired) electrons. The highest BCUT2D eigenvalue weighted by atomic mass is 16.5. The number of benzene rings is 1. The van der Waals surface area contributed by atoms with Gasteiger partial charge in [-0.05, 0) is 37.5 Å². The van der Waals surface area contributed by atoms with Crippen molar-refractivity contribution in [3.63, 3.8) is 0 Å². The van der Waals surface area contributed by atoms with Crippen LogP contribution >= 0.6 is 0 Å². The van der Waals surface area contributed by atoms with Crippen LogP contribution in [0.3, 0.4) is 0 Å². The molecule has 0 aliphatic carbocycles. The zero-order chi connectivity index (χ0) is 16.9. The number of aryl methyl sites for hydroxylation is 1. The number of aromatic nitrogens is 1. The average Bonchev–Trinajstić information content (AvgIpc) is 2.62. The third-order valence-corrected chi connectivity index (χ3v) is 4.64. The zero-order valence-electron chi connectivity index (χ0n) is 14.3. The van der Waals surface area contributed by atoms with E-state index in [2.05, 4.69) is 31.0 Å². The SMILES string of the molecule is C[C@@H]1CO[C@@H](c2ccccc2)[C@H](C)N1C(=O)CCc1cccnc1. The fourth-order valence-electron chi connectivity index (χ4n) is 3.43. The molecule has 1 aliphatic heterocycles. The summed E-state index contributed by atoms with van der Waals surface area (Å²) in [6, 6.07) is 14.2. The second-order valence-electron chi connectivity index (χ2n) is 6.42. The van der Waals surface area contributed by atoms with Gasteiger partial charge in [-0.2, -0.15) is 0 Å². The molecule has 4 nitrogen and oxygen atoms in total. The third kappa shape index (κ3) is 3.65. The topological polar surface area (TPSA) is 42.4 Å². The van der Waals surface area contributed by atoms with Crippen molar-refractivity contribution in [1.82, 2.24) is 9.88 Å². The Balaban J connectivity index is 1.69. The summed E-state index contributed by atoms with van der Waals surface area (Å²) in [4.78, 5) is 18.9. The Hall–Kier alpha value is -2.20. The fraction of sp³-hybridized carbons (Fsp3) is 0.400. The predicted molar refractivity (Wildman–Crippen MR) is 93.5 cm³/mol. The van der Waals surface area contributed by atoms with Gasteiger partial charge in [-0.25, -0.2) is 0 Å². The molecule has 1 aliphatic rings. The molecule has 1 fully saturated rings. The van der Waals surface area contributed by atoms with Crippen LogP contribution in [0.15, 0.2) is 54.9 Å². The fourth-order valence-corrected chi connectivity index (χ4v) is 3.43. The molecule has 0 saturated carbocycles. The third-order valence-electron chi connectivity index (χ3n) is 4.64. The Bertz CT molecular complexity index is 660. The summed E-state index contributed by atoms with van der Waals surface area (Å²) >= 11 is 0. The lowest BCUT2D eigenvalue weighted by Crippen LogP contribution is -2.53. The summed E-state index contributed by atoms with van der Waals surface area (Å²) in [5.41, 5.74) is 2.22. The molecule has 2 heterocycles. The Labute approximate surface area is 143 Å². The van der Waals surface area contributed by atoms with E-state index in [1.54, 1.807) is 6.20 Å². The van der Waals surface area contributed by atoms with E-state index in [4.69, 9.17) is 4.74 Å². The van der Waals surface area contributed by atoms with Crippen molar-refractivity contribution in [2.75, 3.05) is 6.61 Å². The van der Waals surface area contributed by atoms with Crippen LogP contribution < -0.4 is 0 Å². The summed E-state index contributed by atoms with van der Waals surface area (Å²) in [6.45, 7) is 4.71. The lowest BCUT2D eigenvalue weighted by atomic mass is 9.98. The van der Waals surface area contributed by atoms with Gasteiger partial charge < -0.3 is 9.64 Å². The van der Waals surface area contributed by atoms with Gasteiger partial charge in [0.2, 0.25) is 5.91 Å². The molecule has 126 valence electrons. The minimum atomic E-state index is -0.0651. The molecular weight excluding hydrogens is 300 g/mol. The van der Waals surface area contributed by atoms with Gasteiger partial charge in [-0.1, -0.05) is 36.4 Å². The van der Waals surface area contributed by atoms with Crippen molar-refractivity contribution in [1.29, 1.82) is 0 Å². The molecule has 3 atom stereocenters. The van der Waals surface area contributed by atoms with Crippen molar-refractivity contribution in [2.24, 2.45) is 0 Å². The molecule has 3 rings (SSSR count). The highest BCUT2D eigenvalue weighted by molar-refractivity contribution is 5.77. The van der Waals surface area contributed by atoms with Crippen LogP contribution in [-0.2, 0) is 16.0 Å². The lowest BCUT2D eigenvalue weighted by molar-refractivity contribution is -0.153. The average molecular weight is 324 g/mol. The van der Waals surface area contributed by atoms with Gasteiger partial charge in [0, 0.05) is 18.8 Å². The van der Waals surface area contributed by atoms with E-state index in [0.717, 1.165) is 17.5 Å². The van der Waals surface area contributed by atoms with E-state index in [1.165, 1.54) is 0 Å². The minimum Gasteiger partial charge on any atom is -0.369 e. The molecule has 1 amide bonds. The highest BCUT2D eigenvalue weighted by Crippen LogP contribution is 2.31. The van der Waals surface area contributed by atoms with Gasteiger partial charge in [-0.3, -0.25) is 9.78 Å². The van der Waals surface area contributed by atoms with Gasteiger partial charge in [-0.15, -0.1) is 0 Å². The Morgan fingerprint density at radius 2 is 2.00 bits per heavy atom. The van der Waals surface area contributed by atoms with Gasteiger partial charge in [0.25, 0.3) is 0 Å². The number of carbonyl (C=O) groups excluding carboxylic acids is 1. The second-order valence-corrected chi connectivity index (χ2v) is 6.42. The maximum atomic E-state index is 12.8. The molecular formula is C20H24N2O2. The number of carbonyl (C=O) groups is 1. The molecule has 24 heavy (non-hydrogen) atoms. The second kappa shape index (κ2) is 7.58. The van der Waals surface area contributed by atoms with E-state index < -0.39 is 0 Å². The quantitative estimate of drug-likeness (QED) is 0.866. The monoisotopic (exact) mass is 324 g/mol. The van der Waals surface area contributed by atoms with Crippen molar-refractivity contribution >= 4 is 5.91 Å². The molecule has 0 spiro atoms. The van der Waals surface area contributed by atoms with Gasteiger partial charge in [0.15, 0.2) is 0 Å². The molecule has 2 aromatic rings. The smallest absolute Gasteiger partial charge is 0.223 e. The maximum Gasteiger partial charge on any atom is 0.223 e. The summed E-state index contributed by atoms with van der Waals surface area (Å²) < 4.78 is 6.03. The highest BCUT2D eigenvalue weighted by Gasteiger charge is 2.36. The molecule has 1 aromatic carbocycles. The number of morpholine rings is 1. The van der Waals surface area contributed by atoms with E-state index in [0.29, 0.717) is 13.0 Å². The minimum absolute atomic E-state index is 0.0255. The van der Waals surface area contributed by atoms with Crippen LogP contribution in [0.25, 0.3) is 0 Å². The Morgan fingerprint density at radius 3 is 2.71 bits per heavy atom. The van der Waals surface area contributed by atoms with Crippen LogP contribution in [0, 0.1) is 0 Å². The largest absolute Gasteiger partial charge is 0.369 e. The van der Waals surface area contributed by atoms with E-state index in [-0.39, 0.29) is 24.1 Å². The number of pyridine rings is 1. The van der Waals surface area contributed by atoms with Crippen molar-refractivity contribution in [3.05, 3.63) is 66.0 Å². The number of amides is 1. The number of ether oxygens (including phenoxy) is 1. The number of rotatable bonds is 4. The number of hydrogen-bond donors (Lipinski definition) is 0. The standard InChI is InChI=1S/C20H24N2O2/c1-15-14-24-20(18-8-4-3-5-9-18)16(2)22(15)19(23)11-10-17-7-6-12-21-13-17/h3-9,12-13,15-16,20H,10-11,14H2,1-2H3/t15-,16+,20-/m1/s1. The predicted octanol–water partition coefficient (Wildman–Crippen LogP) is 3.39. The van der Waals surface area contributed by atoms with Crippen molar-refractivity contribution in [2.45, 2.75) is 44.9 Å². The molecule has 0 unspecified atom stereocenters. The summed E-state index contributed by atoms with van der Waals surface area (Å²) in [6.07, 6.45) is 4.74. The van der Waals surface area contributed by atoms with Crippen LogP contribution in [0.5, 0.6) is 0 Å². The first-order valence-corrected chi connectivity index (χ1v) is 8.53. The molecule has 1 saturated heterocycles. The summed E-state index contributed by atoms with van der Waals surface area (Å²) in [7, 11) is 0. The maximum absolute atomic E-state index is 12.8. The number of nitrogens with zero attached hydrogens (tertiary/aromatic N) is 2. The molecule has 4 heteroatoms. The lowest BCUT2D eigenvalue weighted by Gasteiger charge is -2.44. The molecule has 0 N–H and O–H groups in total. The van der Waals surface area contributed by atoms with E-state index in [9.17, 15) is 4.79 Å². The zero-order valence-corrected chi connectivity index (χ0v) is 14.3. The van der Waals surface area contributed by atoms with Crippen molar-refractivity contribution < 1.29 is 9.53 Å². The van der Waals surface area contributed by atoms with Crippen LogP contribution in [0.2, 0.25) is 0 Å².